The van der Waals surface area contributed by atoms with E-state index in [2.05, 4.69) is 0 Å². The predicted molar refractivity (Wildman–Crippen MR) is 91.5 cm³/mol. The average Bonchev–Trinajstić information content (AvgIpc) is 2.63. The molecule has 0 bridgehead atoms. The summed E-state index contributed by atoms with van der Waals surface area (Å²) in [6, 6.07) is 11.3. The van der Waals surface area contributed by atoms with Crippen LogP contribution < -0.4 is 0 Å². The summed E-state index contributed by atoms with van der Waals surface area (Å²) in [5, 5.41) is 10.1. The van der Waals surface area contributed by atoms with Crippen molar-refractivity contribution in [3.05, 3.63) is 48.0 Å². The lowest BCUT2D eigenvalue weighted by Gasteiger charge is -2.25. The van der Waals surface area contributed by atoms with Crippen molar-refractivity contribution in [2.24, 2.45) is 0 Å². The van der Waals surface area contributed by atoms with E-state index in [4.69, 9.17) is 0 Å². The van der Waals surface area contributed by atoms with Gasteiger partial charge in [-0.1, -0.05) is 30.7 Å². The second-order valence-electron chi connectivity index (χ2n) is 5.85. The van der Waals surface area contributed by atoms with Gasteiger partial charge in [0.2, 0.25) is 10.0 Å². The summed E-state index contributed by atoms with van der Waals surface area (Å²) in [6.45, 7) is 1.12. The minimum absolute atomic E-state index is 0.0980. The van der Waals surface area contributed by atoms with E-state index in [1.165, 1.54) is 10.4 Å². The van der Waals surface area contributed by atoms with Gasteiger partial charge in [0.1, 0.15) is 5.75 Å². The number of para-hydroxylation sites is 1. The van der Waals surface area contributed by atoms with Gasteiger partial charge in [0.05, 0.1) is 10.5 Å². The number of sulfonamides is 1. The molecule has 0 saturated carbocycles. The van der Waals surface area contributed by atoms with Crippen LogP contribution in [0.5, 0.6) is 5.75 Å². The molecule has 0 atom stereocenters. The fourth-order valence-electron chi connectivity index (χ4n) is 2.95. The first-order chi connectivity index (χ1) is 11.5. The van der Waals surface area contributed by atoms with Gasteiger partial charge in [-0.05, 0) is 36.6 Å². The van der Waals surface area contributed by atoms with Gasteiger partial charge in [0.15, 0.2) is 6.29 Å². The zero-order valence-corrected chi connectivity index (χ0v) is 14.0. The van der Waals surface area contributed by atoms with E-state index in [1.807, 2.05) is 0 Å². The lowest BCUT2D eigenvalue weighted by Crippen LogP contribution is -2.35. The van der Waals surface area contributed by atoms with Crippen LogP contribution in [0.1, 0.15) is 29.6 Å². The maximum atomic E-state index is 12.6. The molecule has 1 N–H and O–H groups in total. The Kier molecular flexibility index (Phi) is 4.69. The average molecular weight is 345 g/mol. The Hall–Kier alpha value is -2.18. The number of hydrogen-bond acceptors (Lipinski definition) is 4. The van der Waals surface area contributed by atoms with Gasteiger partial charge >= 0.3 is 0 Å². The molecule has 1 aliphatic rings. The molecule has 0 radical (unpaired) electrons. The molecule has 1 fully saturated rings. The van der Waals surface area contributed by atoms with Crippen molar-refractivity contribution in [1.82, 2.24) is 4.31 Å². The monoisotopic (exact) mass is 345 g/mol. The first kappa shape index (κ1) is 16.7. The Morgan fingerprint density at radius 3 is 2.25 bits per heavy atom. The second-order valence-corrected chi connectivity index (χ2v) is 7.79. The highest BCUT2D eigenvalue weighted by Gasteiger charge is 2.25. The highest BCUT2D eigenvalue weighted by atomic mass is 32.2. The van der Waals surface area contributed by atoms with Crippen LogP contribution in [0.25, 0.3) is 11.1 Å². The maximum absolute atomic E-state index is 12.6. The van der Waals surface area contributed by atoms with E-state index in [0.29, 0.717) is 30.5 Å². The molecule has 2 aromatic carbocycles. The zero-order valence-electron chi connectivity index (χ0n) is 13.2. The Labute approximate surface area is 141 Å². The van der Waals surface area contributed by atoms with E-state index in [-0.39, 0.29) is 16.2 Å². The Balaban J connectivity index is 1.92. The summed E-state index contributed by atoms with van der Waals surface area (Å²) in [6.07, 6.45) is 3.44. The van der Waals surface area contributed by atoms with Crippen molar-refractivity contribution in [3.8, 4) is 16.9 Å². The van der Waals surface area contributed by atoms with Gasteiger partial charge < -0.3 is 5.11 Å². The predicted octanol–water partition coefficient (Wildman–Crippen LogP) is 3.05. The fraction of sp³-hybridized carbons (Fsp3) is 0.278. The van der Waals surface area contributed by atoms with E-state index >= 15 is 0 Å². The number of phenols is 1. The number of aromatic hydroxyl groups is 1. The summed E-state index contributed by atoms with van der Waals surface area (Å²) in [7, 11) is -3.47. The molecule has 0 aromatic heterocycles. The van der Waals surface area contributed by atoms with Crippen LogP contribution >= 0.6 is 0 Å². The number of nitrogens with zero attached hydrogens (tertiary/aromatic N) is 1. The van der Waals surface area contributed by atoms with Crippen molar-refractivity contribution in [1.29, 1.82) is 0 Å². The van der Waals surface area contributed by atoms with E-state index in [9.17, 15) is 18.3 Å². The van der Waals surface area contributed by atoms with Gasteiger partial charge in [-0.3, -0.25) is 4.79 Å². The van der Waals surface area contributed by atoms with Gasteiger partial charge in [-0.15, -0.1) is 0 Å². The highest BCUT2D eigenvalue weighted by molar-refractivity contribution is 7.89. The second kappa shape index (κ2) is 6.75. The van der Waals surface area contributed by atoms with Crippen molar-refractivity contribution in [2.75, 3.05) is 13.1 Å². The van der Waals surface area contributed by atoms with Crippen LogP contribution in [0.15, 0.2) is 47.4 Å². The summed E-state index contributed by atoms with van der Waals surface area (Å²) in [5.74, 6) is -0.0980. The topological polar surface area (TPSA) is 74.7 Å². The third-order valence-corrected chi connectivity index (χ3v) is 6.23. The molecule has 6 heteroatoms. The number of phenolic OH excluding ortho intramolecular Hbond substituents is 1. The normalized spacial score (nSPS) is 16.0. The van der Waals surface area contributed by atoms with Crippen LogP contribution in [0, 0.1) is 0 Å². The Morgan fingerprint density at radius 1 is 0.958 bits per heavy atom. The van der Waals surface area contributed by atoms with Crippen LogP contribution in [0.3, 0.4) is 0 Å². The van der Waals surface area contributed by atoms with Crippen LogP contribution in [0.4, 0.5) is 0 Å². The summed E-state index contributed by atoms with van der Waals surface area (Å²) >= 11 is 0. The minimum atomic E-state index is -3.47. The van der Waals surface area contributed by atoms with Gasteiger partial charge in [-0.2, -0.15) is 4.31 Å². The molecular formula is C18H19NO4S. The summed E-state index contributed by atoms with van der Waals surface area (Å²) in [5.41, 5.74) is 1.37. The van der Waals surface area contributed by atoms with Crippen molar-refractivity contribution in [2.45, 2.75) is 24.2 Å². The Morgan fingerprint density at radius 2 is 1.62 bits per heavy atom. The molecular weight excluding hydrogens is 326 g/mol. The number of piperidine rings is 1. The highest BCUT2D eigenvalue weighted by Crippen LogP contribution is 2.32. The smallest absolute Gasteiger partial charge is 0.243 e. The van der Waals surface area contributed by atoms with Crippen molar-refractivity contribution < 1.29 is 18.3 Å². The standard InChI is InChI=1S/C18H19NO4S/c20-13-15-5-4-6-17(18(15)21)14-7-9-16(10-8-14)24(22,23)19-11-2-1-3-12-19/h4-10,13,21H,1-3,11-12H2. The first-order valence-corrected chi connectivity index (χ1v) is 9.36. The quantitative estimate of drug-likeness (QED) is 0.864. The van der Waals surface area contributed by atoms with Gasteiger partial charge in [-0.25, -0.2) is 8.42 Å². The molecule has 1 aliphatic heterocycles. The molecule has 3 rings (SSSR count). The van der Waals surface area contributed by atoms with Crippen molar-refractivity contribution >= 4 is 16.3 Å². The molecule has 0 amide bonds. The number of hydrogen-bond donors (Lipinski definition) is 1. The first-order valence-electron chi connectivity index (χ1n) is 7.92. The molecule has 2 aromatic rings. The number of aldehydes is 1. The Bertz CT molecular complexity index is 838. The lowest BCUT2D eigenvalue weighted by atomic mass is 10.0. The summed E-state index contributed by atoms with van der Waals surface area (Å²) < 4.78 is 26.8. The number of carbonyl (C=O) groups excluding carboxylic acids is 1. The number of carbonyl (C=O) groups is 1. The molecule has 0 aliphatic carbocycles. The van der Waals surface area contributed by atoms with E-state index in [1.54, 1.807) is 36.4 Å². The minimum Gasteiger partial charge on any atom is -0.507 e. The number of rotatable bonds is 4. The summed E-state index contributed by atoms with van der Waals surface area (Å²) in [4.78, 5) is 11.2. The van der Waals surface area contributed by atoms with Crippen molar-refractivity contribution in [3.63, 3.8) is 0 Å². The van der Waals surface area contributed by atoms with Crippen LogP contribution in [-0.4, -0.2) is 37.2 Å². The fourth-order valence-corrected chi connectivity index (χ4v) is 4.47. The SMILES string of the molecule is O=Cc1cccc(-c2ccc(S(=O)(=O)N3CCCCC3)cc2)c1O. The third kappa shape index (κ3) is 3.07. The molecule has 126 valence electrons. The van der Waals surface area contributed by atoms with E-state index < -0.39 is 10.0 Å². The maximum Gasteiger partial charge on any atom is 0.243 e. The number of benzene rings is 2. The van der Waals surface area contributed by atoms with E-state index in [0.717, 1.165) is 19.3 Å². The molecule has 0 spiro atoms. The molecule has 1 heterocycles. The van der Waals surface area contributed by atoms with Crippen LogP contribution in [0.2, 0.25) is 0 Å². The third-order valence-electron chi connectivity index (χ3n) is 4.31. The molecule has 0 unspecified atom stereocenters. The van der Waals surface area contributed by atoms with Gasteiger partial charge in [0, 0.05) is 18.7 Å². The molecule has 5 nitrogen and oxygen atoms in total. The zero-order chi connectivity index (χ0) is 17.2. The lowest BCUT2D eigenvalue weighted by molar-refractivity contribution is 0.112. The molecule has 1 saturated heterocycles. The largest absolute Gasteiger partial charge is 0.507 e. The molecule has 24 heavy (non-hydrogen) atoms. The van der Waals surface area contributed by atoms with Crippen LogP contribution in [-0.2, 0) is 10.0 Å². The van der Waals surface area contributed by atoms with Gasteiger partial charge in [0.25, 0.3) is 0 Å².